The molecule has 39 heavy (non-hydrogen) atoms. The van der Waals surface area contributed by atoms with E-state index < -0.39 is 34.2 Å². The molecule has 0 saturated heterocycles. The second-order valence-electron chi connectivity index (χ2n) is 13.2. The molecule has 0 atom stereocenters. The minimum absolute atomic E-state index is 0.000960. The molecule has 0 fully saturated rings. The van der Waals surface area contributed by atoms with Crippen LogP contribution >= 0.6 is 0 Å². The van der Waals surface area contributed by atoms with Gasteiger partial charge in [-0.05, 0) is 52.2 Å². The zero-order valence-electron chi connectivity index (χ0n) is 26.1. The molecule has 1 aromatic rings. The zero-order chi connectivity index (χ0) is 30.2. The molecule has 6 nitrogen and oxygen atoms in total. The molecule has 0 spiro atoms. The van der Waals surface area contributed by atoms with E-state index in [1.807, 2.05) is 41.5 Å². The molecule has 3 N–H and O–H groups in total. The van der Waals surface area contributed by atoms with Crippen LogP contribution in [0.2, 0.25) is 0 Å². The third-order valence-electron chi connectivity index (χ3n) is 8.39. The van der Waals surface area contributed by atoms with E-state index in [2.05, 4.69) is 20.8 Å². The SMILES string of the molecule is CCCCCC(C)(C)c1c(C(=O)O)c(C(=O)O)c(C(C)(C)CCCCC)c(C(C)(C)CCCCC)c1C(=O)O. The lowest BCUT2D eigenvalue weighted by molar-refractivity contribution is 0.0641. The van der Waals surface area contributed by atoms with Gasteiger partial charge in [-0.15, -0.1) is 0 Å². The van der Waals surface area contributed by atoms with Crippen molar-refractivity contribution >= 4 is 17.9 Å². The number of unbranched alkanes of at least 4 members (excludes halogenated alkanes) is 6. The number of hydrogen-bond donors (Lipinski definition) is 3. The van der Waals surface area contributed by atoms with Crippen molar-refractivity contribution in [2.45, 2.75) is 156 Å². The highest BCUT2D eigenvalue weighted by molar-refractivity contribution is 6.08. The molecule has 1 rings (SSSR count). The summed E-state index contributed by atoms with van der Waals surface area (Å²) in [6.07, 6.45) is 10.2. The van der Waals surface area contributed by atoms with Crippen LogP contribution in [-0.2, 0) is 16.2 Å². The largest absolute Gasteiger partial charge is 0.478 e. The van der Waals surface area contributed by atoms with Crippen molar-refractivity contribution in [2.75, 3.05) is 0 Å². The van der Waals surface area contributed by atoms with Gasteiger partial charge in [0.15, 0.2) is 0 Å². The summed E-state index contributed by atoms with van der Waals surface area (Å²) in [5.74, 6) is -3.87. The molecule has 0 radical (unpaired) electrons. The van der Waals surface area contributed by atoms with Crippen molar-refractivity contribution in [1.29, 1.82) is 0 Å². The van der Waals surface area contributed by atoms with Crippen LogP contribution in [0.25, 0.3) is 0 Å². The van der Waals surface area contributed by atoms with Gasteiger partial charge in [-0.3, -0.25) is 0 Å². The van der Waals surface area contributed by atoms with Gasteiger partial charge < -0.3 is 15.3 Å². The summed E-state index contributed by atoms with van der Waals surface area (Å²) < 4.78 is 0. The third-order valence-corrected chi connectivity index (χ3v) is 8.39. The van der Waals surface area contributed by atoms with Gasteiger partial charge in [0.1, 0.15) is 0 Å². The van der Waals surface area contributed by atoms with Crippen molar-refractivity contribution in [2.24, 2.45) is 0 Å². The maximum absolute atomic E-state index is 13.3. The lowest BCUT2D eigenvalue weighted by atomic mass is 9.62. The van der Waals surface area contributed by atoms with Crippen LogP contribution in [0.1, 0.15) is 187 Å². The molecule has 0 amide bonds. The van der Waals surface area contributed by atoms with Crippen LogP contribution in [0.4, 0.5) is 0 Å². The number of carbonyl (C=O) groups is 3. The normalized spacial score (nSPS) is 12.5. The average molecular weight is 547 g/mol. The predicted molar refractivity (Wildman–Crippen MR) is 159 cm³/mol. The molecule has 0 unspecified atom stereocenters. The van der Waals surface area contributed by atoms with E-state index in [0.29, 0.717) is 30.4 Å². The summed E-state index contributed by atoms with van der Waals surface area (Å²) in [6.45, 7) is 17.9. The molecular weight excluding hydrogens is 492 g/mol. The fourth-order valence-electron chi connectivity index (χ4n) is 6.25. The molecule has 0 saturated carbocycles. The molecule has 0 aliphatic carbocycles. The molecule has 0 aromatic heterocycles. The first-order chi connectivity index (χ1) is 18.0. The van der Waals surface area contributed by atoms with Gasteiger partial charge in [-0.1, -0.05) is 120 Å². The van der Waals surface area contributed by atoms with Crippen LogP contribution in [0.15, 0.2) is 0 Å². The number of aromatic carboxylic acids is 3. The van der Waals surface area contributed by atoms with Crippen molar-refractivity contribution in [1.82, 2.24) is 0 Å². The number of carboxylic acid groups (broad SMARTS) is 3. The van der Waals surface area contributed by atoms with E-state index in [1.165, 1.54) is 0 Å². The van der Waals surface area contributed by atoms with Crippen LogP contribution in [0, 0.1) is 0 Å². The van der Waals surface area contributed by atoms with E-state index in [4.69, 9.17) is 0 Å². The maximum atomic E-state index is 13.3. The molecule has 0 aliphatic heterocycles. The number of rotatable bonds is 18. The number of hydrogen-bond acceptors (Lipinski definition) is 3. The summed E-state index contributed by atoms with van der Waals surface area (Å²) in [6, 6.07) is 0. The van der Waals surface area contributed by atoms with Crippen LogP contribution in [-0.4, -0.2) is 33.2 Å². The first-order valence-electron chi connectivity index (χ1n) is 15.0. The summed E-state index contributed by atoms with van der Waals surface area (Å²) in [5, 5.41) is 32.0. The summed E-state index contributed by atoms with van der Waals surface area (Å²) in [5.41, 5.74) is -1.79. The third kappa shape index (κ3) is 8.31. The lowest BCUT2D eigenvalue weighted by Gasteiger charge is -2.41. The highest BCUT2D eigenvalue weighted by atomic mass is 16.4. The van der Waals surface area contributed by atoms with Crippen molar-refractivity contribution in [3.05, 3.63) is 33.4 Å². The predicted octanol–water partition coefficient (Wildman–Crippen LogP) is 9.35. The zero-order valence-corrected chi connectivity index (χ0v) is 26.1. The Morgan fingerprint density at radius 1 is 0.462 bits per heavy atom. The summed E-state index contributed by atoms with van der Waals surface area (Å²) in [4.78, 5) is 39.3. The van der Waals surface area contributed by atoms with Crippen LogP contribution in [0.5, 0.6) is 0 Å². The maximum Gasteiger partial charge on any atom is 0.336 e. The Bertz CT molecular complexity index is 1020. The minimum atomic E-state index is -1.38. The van der Waals surface area contributed by atoms with E-state index in [-0.39, 0.29) is 22.3 Å². The molecular formula is C33H54O6. The summed E-state index contributed by atoms with van der Waals surface area (Å²) in [7, 11) is 0. The van der Waals surface area contributed by atoms with Crippen LogP contribution < -0.4 is 0 Å². The molecule has 6 heteroatoms. The van der Waals surface area contributed by atoms with Crippen molar-refractivity contribution < 1.29 is 29.7 Å². The van der Waals surface area contributed by atoms with E-state index >= 15 is 0 Å². The minimum Gasteiger partial charge on any atom is -0.478 e. The monoisotopic (exact) mass is 546 g/mol. The lowest BCUT2D eigenvalue weighted by Crippen LogP contribution is -2.37. The molecule has 1 aromatic carbocycles. The Labute approximate surface area is 236 Å². The van der Waals surface area contributed by atoms with Gasteiger partial charge in [0.05, 0.1) is 16.7 Å². The van der Waals surface area contributed by atoms with Crippen molar-refractivity contribution in [3.8, 4) is 0 Å². The van der Waals surface area contributed by atoms with E-state index in [0.717, 1.165) is 57.8 Å². The average Bonchev–Trinajstić information content (AvgIpc) is 2.82. The topological polar surface area (TPSA) is 112 Å². The van der Waals surface area contributed by atoms with Gasteiger partial charge in [0.2, 0.25) is 0 Å². The van der Waals surface area contributed by atoms with E-state index in [1.54, 1.807) is 0 Å². The molecule has 0 bridgehead atoms. The van der Waals surface area contributed by atoms with Crippen molar-refractivity contribution in [3.63, 3.8) is 0 Å². The summed E-state index contributed by atoms with van der Waals surface area (Å²) >= 11 is 0. The van der Waals surface area contributed by atoms with Gasteiger partial charge in [-0.25, -0.2) is 14.4 Å². The quantitative estimate of drug-likeness (QED) is 0.158. The Morgan fingerprint density at radius 3 is 1.00 bits per heavy atom. The Balaban J connectivity index is 4.47. The van der Waals surface area contributed by atoms with Gasteiger partial charge >= 0.3 is 17.9 Å². The molecule has 0 aliphatic rings. The second kappa shape index (κ2) is 14.3. The van der Waals surface area contributed by atoms with Crippen LogP contribution in [0.3, 0.4) is 0 Å². The van der Waals surface area contributed by atoms with E-state index in [9.17, 15) is 29.7 Å². The second-order valence-corrected chi connectivity index (χ2v) is 13.2. The number of benzene rings is 1. The Hall–Kier alpha value is -2.37. The highest BCUT2D eigenvalue weighted by Gasteiger charge is 2.45. The fraction of sp³-hybridized carbons (Fsp3) is 0.727. The Kier molecular flexibility index (Phi) is 12.7. The van der Waals surface area contributed by atoms with Gasteiger partial charge in [0.25, 0.3) is 0 Å². The Morgan fingerprint density at radius 2 is 0.718 bits per heavy atom. The molecule has 0 heterocycles. The molecule has 222 valence electrons. The first kappa shape index (κ1) is 34.7. The standard InChI is InChI=1S/C33H54O6/c1-10-13-16-19-31(4,5)25-22(28(34)35)23(29(36)37)26(32(6,7)20-17-14-11-2)27(24(25)30(38)39)33(8,9)21-18-15-12-3/h10-21H2,1-9H3,(H,34,35)(H,36,37)(H,38,39). The first-order valence-corrected chi connectivity index (χ1v) is 15.0. The highest BCUT2D eigenvalue weighted by Crippen LogP contribution is 2.49. The number of carboxylic acids is 3. The fourth-order valence-corrected chi connectivity index (χ4v) is 6.25. The van der Waals surface area contributed by atoms with Gasteiger partial charge in [0, 0.05) is 0 Å². The van der Waals surface area contributed by atoms with Gasteiger partial charge in [-0.2, -0.15) is 0 Å². The smallest absolute Gasteiger partial charge is 0.336 e.